The summed E-state index contributed by atoms with van der Waals surface area (Å²) in [5.74, 6) is 0.804. The van der Waals surface area contributed by atoms with Crippen LogP contribution in [0.1, 0.15) is 19.4 Å². The third-order valence-corrected chi connectivity index (χ3v) is 5.51. The van der Waals surface area contributed by atoms with Gasteiger partial charge in [-0.05, 0) is 89.6 Å². The van der Waals surface area contributed by atoms with Crippen molar-refractivity contribution in [2.24, 2.45) is 0 Å². The van der Waals surface area contributed by atoms with Gasteiger partial charge in [-0.3, -0.25) is 9.59 Å². The summed E-state index contributed by atoms with van der Waals surface area (Å²) >= 11 is 10.3. The Morgan fingerprint density at radius 3 is 2.43 bits per heavy atom. The number of thioether (sulfide) groups is 1. The lowest BCUT2D eigenvalue weighted by Crippen LogP contribution is -2.27. The van der Waals surface area contributed by atoms with Crippen LogP contribution in [0.5, 0.6) is 11.5 Å². The van der Waals surface area contributed by atoms with Crippen LogP contribution in [0.25, 0.3) is 6.08 Å². The minimum absolute atomic E-state index is 0.332. The molecular weight excluding hydrogens is 466 g/mol. The molecule has 0 aliphatic carbocycles. The molecule has 1 fully saturated rings. The summed E-state index contributed by atoms with van der Waals surface area (Å²) in [6, 6.07) is 10.2. The Morgan fingerprint density at radius 1 is 1.11 bits per heavy atom. The molecule has 0 bridgehead atoms. The van der Waals surface area contributed by atoms with Crippen LogP contribution in [0.3, 0.4) is 0 Å². The number of imide groups is 1. The van der Waals surface area contributed by atoms with E-state index < -0.39 is 0 Å². The zero-order chi connectivity index (χ0) is 20.3. The van der Waals surface area contributed by atoms with Crippen LogP contribution in [0, 0.1) is 0 Å². The highest BCUT2D eigenvalue weighted by molar-refractivity contribution is 9.10. The quantitative estimate of drug-likeness (QED) is 0.463. The van der Waals surface area contributed by atoms with Gasteiger partial charge in [0.25, 0.3) is 11.1 Å². The second-order valence-electron chi connectivity index (χ2n) is 5.69. The molecule has 0 unspecified atom stereocenters. The second-order valence-corrected chi connectivity index (χ2v) is 7.97. The highest BCUT2D eigenvalue weighted by atomic mass is 79.9. The van der Waals surface area contributed by atoms with Gasteiger partial charge in [0.05, 0.1) is 28.3 Å². The van der Waals surface area contributed by atoms with E-state index in [1.165, 1.54) is 0 Å². The number of hydrogen-bond acceptors (Lipinski definition) is 5. The number of benzene rings is 2. The Bertz CT molecular complexity index is 946. The molecule has 0 radical (unpaired) electrons. The molecule has 1 aliphatic heterocycles. The van der Waals surface area contributed by atoms with E-state index in [0.717, 1.165) is 22.2 Å². The van der Waals surface area contributed by atoms with E-state index in [0.29, 0.717) is 44.8 Å². The van der Waals surface area contributed by atoms with Crippen molar-refractivity contribution in [2.45, 2.75) is 13.8 Å². The van der Waals surface area contributed by atoms with E-state index in [9.17, 15) is 9.59 Å². The molecule has 0 N–H and O–H groups in total. The molecular formula is C20H17BrClNO4S. The maximum Gasteiger partial charge on any atom is 0.298 e. The molecule has 1 aliphatic rings. The largest absolute Gasteiger partial charge is 0.490 e. The van der Waals surface area contributed by atoms with E-state index in [1.54, 1.807) is 36.4 Å². The van der Waals surface area contributed by atoms with Gasteiger partial charge in [0.15, 0.2) is 11.5 Å². The standard InChI is InChI=1S/C20H17BrClNO4S/c1-3-26-16-10-12(9-15(21)18(16)27-4-2)11-17-19(24)23(20(25)28-17)14-7-5-13(22)6-8-14/h5-11H,3-4H2,1-2H3. The topological polar surface area (TPSA) is 55.8 Å². The number of ether oxygens (including phenoxy) is 2. The van der Waals surface area contributed by atoms with Gasteiger partial charge in [0.1, 0.15) is 0 Å². The van der Waals surface area contributed by atoms with Crippen molar-refractivity contribution in [2.75, 3.05) is 18.1 Å². The van der Waals surface area contributed by atoms with E-state index in [4.69, 9.17) is 21.1 Å². The van der Waals surface area contributed by atoms with E-state index >= 15 is 0 Å². The second kappa shape index (κ2) is 9.03. The SMILES string of the molecule is CCOc1cc(C=C2SC(=O)N(c3ccc(Cl)cc3)C2=O)cc(Br)c1OCC. The first-order chi connectivity index (χ1) is 13.4. The predicted octanol–water partition coefficient (Wildman–Crippen LogP) is 6.14. The number of carbonyl (C=O) groups excluding carboxylic acids is 2. The zero-order valence-electron chi connectivity index (χ0n) is 15.2. The Morgan fingerprint density at radius 2 is 1.79 bits per heavy atom. The number of amides is 2. The molecule has 0 atom stereocenters. The summed E-state index contributed by atoms with van der Waals surface area (Å²) in [5.41, 5.74) is 1.21. The summed E-state index contributed by atoms with van der Waals surface area (Å²) in [6.45, 7) is 4.75. The van der Waals surface area contributed by atoms with Crippen molar-refractivity contribution in [3.8, 4) is 11.5 Å². The lowest BCUT2D eigenvalue weighted by atomic mass is 10.1. The van der Waals surface area contributed by atoms with Crippen LogP contribution < -0.4 is 14.4 Å². The van der Waals surface area contributed by atoms with Gasteiger partial charge in [-0.1, -0.05) is 11.6 Å². The lowest BCUT2D eigenvalue weighted by molar-refractivity contribution is -0.113. The molecule has 2 aromatic rings. The molecule has 146 valence electrons. The van der Waals surface area contributed by atoms with Crippen molar-refractivity contribution in [3.05, 3.63) is 56.4 Å². The first kappa shape index (κ1) is 20.8. The number of halogens is 2. The Balaban J connectivity index is 1.94. The van der Waals surface area contributed by atoms with Crippen molar-refractivity contribution in [1.82, 2.24) is 0 Å². The summed E-state index contributed by atoms with van der Waals surface area (Å²) in [5, 5.41) is 0.183. The van der Waals surface area contributed by atoms with Gasteiger partial charge in [0.2, 0.25) is 0 Å². The van der Waals surface area contributed by atoms with E-state index in [2.05, 4.69) is 15.9 Å². The monoisotopic (exact) mass is 481 g/mol. The maximum atomic E-state index is 12.8. The number of anilines is 1. The number of hydrogen-bond donors (Lipinski definition) is 0. The number of nitrogens with zero attached hydrogens (tertiary/aromatic N) is 1. The molecule has 5 nitrogen and oxygen atoms in total. The van der Waals surface area contributed by atoms with Crippen LogP contribution >= 0.6 is 39.3 Å². The van der Waals surface area contributed by atoms with Gasteiger partial charge in [-0.15, -0.1) is 0 Å². The number of carbonyl (C=O) groups is 2. The van der Waals surface area contributed by atoms with Crippen molar-refractivity contribution < 1.29 is 19.1 Å². The van der Waals surface area contributed by atoms with Gasteiger partial charge in [0, 0.05) is 5.02 Å². The molecule has 2 aromatic carbocycles. The molecule has 1 heterocycles. The van der Waals surface area contributed by atoms with Gasteiger partial charge in [-0.2, -0.15) is 0 Å². The third kappa shape index (κ3) is 4.37. The highest BCUT2D eigenvalue weighted by Gasteiger charge is 2.36. The molecule has 0 saturated carbocycles. The molecule has 2 amide bonds. The molecule has 8 heteroatoms. The smallest absolute Gasteiger partial charge is 0.298 e. The summed E-state index contributed by atoms with van der Waals surface area (Å²) in [6.07, 6.45) is 1.67. The fourth-order valence-corrected chi connectivity index (χ4v) is 4.19. The highest BCUT2D eigenvalue weighted by Crippen LogP contribution is 2.40. The molecule has 1 saturated heterocycles. The lowest BCUT2D eigenvalue weighted by Gasteiger charge is -2.14. The summed E-state index contributed by atoms with van der Waals surface area (Å²) in [4.78, 5) is 26.6. The van der Waals surface area contributed by atoms with Crippen molar-refractivity contribution in [3.63, 3.8) is 0 Å². The predicted molar refractivity (Wildman–Crippen MR) is 116 cm³/mol. The van der Waals surface area contributed by atoms with Crippen LogP contribution in [0.2, 0.25) is 5.02 Å². The van der Waals surface area contributed by atoms with E-state index in [1.807, 2.05) is 19.9 Å². The molecule has 3 rings (SSSR count). The van der Waals surface area contributed by atoms with Crippen LogP contribution in [-0.4, -0.2) is 24.4 Å². The molecule has 0 aromatic heterocycles. The van der Waals surface area contributed by atoms with Crippen molar-refractivity contribution in [1.29, 1.82) is 0 Å². The Kier molecular flexibility index (Phi) is 6.69. The fourth-order valence-electron chi connectivity index (χ4n) is 2.65. The minimum Gasteiger partial charge on any atom is -0.490 e. The van der Waals surface area contributed by atoms with Crippen LogP contribution in [0.4, 0.5) is 10.5 Å². The third-order valence-electron chi connectivity index (χ3n) is 3.80. The molecule has 28 heavy (non-hydrogen) atoms. The average Bonchev–Trinajstić information content (AvgIpc) is 2.93. The normalized spacial score (nSPS) is 15.4. The zero-order valence-corrected chi connectivity index (χ0v) is 18.4. The summed E-state index contributed by atoms with van der Waals surface area (Å²) in [7, 11) is 0. The van der Waals surface area contributed by atoms with Gasteiger partial charge in [-0.25, -0.2) is 4.90 Å². The van der Waals surface area contributed by atoms with E-state index in [-0.39, 0.29) is 11.1 Å². The maximum absolute atomic E-state index is 12.8. The van der Waals surface area contributed by atoms with Crippen LogP contribution in [-0.2, 0) is 4.79 Å². The summed E-state index contributed by atoms with van der Waals surface area (Å²) < 4.78 is 12.0. The fraction of sp³-hybridized carbons (Fsp3) is 0.200. The first-order valence-electron chi connectivity index (χ1n) is 8.57. The number of rotatable bonds is 6. The van der Waals surface area contributed by atoms with Gasteiger partial charge >= 0.3 is 0 Å². The Labute approximate surface area is 180 Å². The Hall–Kier alpha value is -1.96. The van der Waals surface area contributed by atoms with Crippen LogP contribution in [0.15, 0.2) is 45.8 Å². The first-order valence-corrected chi connectivity index (χ1v) is 10.6. The average molecular weight is 483 g/mol. The molecule has 0 spiro atoms. The van der Waals surface area contributed by atoms with Gasteiger partial charge < -0.3 is 9.47 Å². The van der Waals surface area contributed by atoms with Crippen molar-refractivity contribution >= 4 is 62.2 Å². The minimum atomic E-state index is -0.375.